The first-order chi connectivity index (χ1) is 16.3. The summed E-state index contributed by atoms with van der Waals surface area (Å²) in [6.07, 6.45) is 0. The van der Waals surface area contributed by atoms with Gasteiger partial charge in [0, 0.05) is 20.2 Å². The number of benzene rings is 4. The highest BCUT2D eigenvalue weighted by molar-refractivity contribution is 7.26. The third kappa shape index (κ3) is 2.97. The molecule has 6 rings (SSSR count). The molecule has 3 heteroatoms. The molecule has 0 spiro atoms. The monoisotopic (exact) mass is 461 g/mol. The van der Waals surface area contributed by atoms with Crippen LogP contribution in [-0.2, 0) is 7.05 Å². The summed E-state index contributed by atoms with van der Waals surface area (Å²) in [4.78, 5) is 0. The molecule has 34 heavy (non-hydrogen) atoms. The van der Waals surface area contributed by atoms with Crippen molar-refractivity contribution in [1.29, 1.82) is 0 Å². The minimum absolute atomic E-state index is 1.22. The molecule has 2 aromatic heterocycles. The summed E-state index contributed by atoms with van der Waals surface area (Å²) < 4.78 is 7.60. The SMILES string of the molecule is Cc1cc(C)c(-n2c(-c3cc4c(cc3C)sc3c(C)cccc34)[n+](C)c3ccccc32)c(C)c1. The van der Waals surface area contributed by atoms with Crippen molar-refractivity contribution < 1.29 is 4.57 Å². The van der Waals surface area contributed by atoms with E-state index in [4.69, 9.17) is 0 Å². The molecule has 0 N–H and O–H groups in total. The van der Waals surface area contributed by atoms with Gasteiger partial charge < -0.3 is 0 Å². The first-order valence-corrected chi connectivity index (χ1v) is 12.7. The zero-order valence-corrected chi connectivity index (χ0v) is 21.5. The predicted molar refractivity (Wildman–Crippen MR) is 146 cm³/mol. The third-order valence-electron chi connectivity index (χ3n) is 7.15. The summed E-state index contributed by atoms with van der Waals surface area (Å²) in [6.45, 7) is 11.1. The summed E-state index contributed by atoms with van der Waals surface area (Å²) in [5, 5.41) is 2.70. The molecule has 6 aromatic rings. The maximum absolute atomic E-state index is 2.48. The summed E-state index contributed by atoms with van der Waals surface area (Å²) in [6, 6.07) is 24.8. The van der Waals surface area contributed by atoms with E-state index in [-0.39, 0.29) is 0 Å². The van der Waals surface area contributed by atoms with Crippen molar-refractivity contribution >= 4 is 42.5 Å². The Morgan fingerprint density at radius 2 is 1.44 bits per heavy atom. The van der Waals surface area contributed by atoms with E-state index < -0.39 is 0 Å². The third-order valence-corrected chi connectivity index (χ3v) is 8.46. The van der Waals surface area contributed by atoms with Crippen molar-refractivity contribution in [2.75, 3.05) is 0 Å². The van der Waals surface area contributed by atoms with E-state index in [1.807, 2.05) is 11.3 Å². The number of imidazole rings is 1. The fraction of sp³-hybridized carbons (Fsp3) is 0.194. The molecule has 0 bridgehead atoms. The number of hydrogen-bond donors (Lipinski definition) is 0. The van der Waals surface area contributed by atoms with Gasteiger partial charge in [0.05, 0.1) is 12.6 Å². The Balaban J connectivity index is 1.77. The molecule has 0 unspecified atom stereocenters. The number of para-hydroxylation sites is 2. The Hall–Kier alpha value is -3.43. The summed E-state index contributed by atoms with van der Waals surface area (Å²) in [7, 11) is 2.20. The summed E-state index contributed by atoms with van der Waals surface area (Å²) >= 11 is 1.91. The van der Waals surface area contributed by atoms with E-state index in [0.29, 0.717) is 0 Å². The van der Waals surface area contributed by atoms with Gasteiger partial charge in [-0.05, 0) is 81.1 Å². The van der Waals surface area contributed by atoms with Gasteiger partial charge in [0.2, 0.25) is 0 Å². The summed E-state index contributed by atoms with van der Waals surface area (Å²) in [5.41, 5.74) is 11.6. The molecule has 0 radical (unpaired) electrons. The van der Waals surface area contributed by atoms with Crippen LogP contribution in [0.5, 0.6) is 0 Å². The molecule has 4 aromatic carbocycles. The summed E-state index contributed by atoms with van der Waals surface area (Å²) in [5.74, 6) is 1.22. The van der Waals surface area contributed by atoms with Crippen molar-refractivity contribution in [1.82, 2.24) is 4.57 Å². The van der Waals surface area contributed by atoms with E-state index in [1.54, 1.807) is 0 Å². The molecule has 2 nitrogen and oxygen atoms in total. The van der Waals surface area contributed by atoms with Crippen LogP contribution in [0.4, 0.5) is 0 Å². The van der Waals surface area contributed by atoms with Crippen LogP contribution in [0.2, 0.25) is 0 Å². The van der Waals surface area contributed by atoms with E-state index in [1.165, 1.54) is 76.1 Å². The number of aromatic nitrogens is 2. The molecular formula is C31H29N2S+. The van der Waals surface area contributed by atoms with Crippen molar-refractivity contribution in [3.8, 4) is 17.1 Å². The zero-order valence-electron chi connectivity index (χ0n) is 20.7. The zero-order chi connectivity index (χ0) is 23.7. The second-order valence-corrected chi connectivity index (χ2v) is 10.7. The Bertz CT molecular complexity index is 1740. The minimum Gasteiger partial charge on any atom is -0.225 e. The van der Waals surface area contributed by atoms with E-state index in [2.05, 4.69) is 118 Å². The molecule has 0 saturated carbocycles. The van der Waals surface area contributed by atoms with Crippen molar-refractivity contribution in [3.05, 3.63) is 94.5 Å². The fourth-order valence-electron chi connectivity index (χ4n) is 5.69. The fourth-order valence-corrected chi connectivity index (χ4v) is 6.95. The molecule has 2 heterocycles. The lowest BCUT2D eigenvalue weighted by Gasteiger charge is -2.12. The van der Waals surface area contributed by atoms with Crippen LogP contribution in [-0.4, -0.2) is 4.57 Å². The highest BCUT2D eigenvalue weighted by Crippen LogP contribution is 2.40. The maximum Gasteiger partial charge on any atom is 0.295 e. The number of nitrogens with zero attached hydrogens (tertiary/aromatic N) is 2. The Labute approximate surface area is 204 Å². The van der Waals surface area contributed by atoms with Crippen LogP contribution in [0.25, 0.3) is 48.3 Å². The first-order valence-electron chi connectivity index (χ1n) is 11.9. The largest absolute Gasteiger partial charge is 0.295 e. The second-order valence-electron chi connectivity index (χ2n) is 9.67. The number of hydrogen-bond acceptors (Lipinski definition) is 1. The van der Waals surface area contributed by atoms with Crippen LogP contribution < -0.4 is 4.57 Å². The van der Waals surface area contributed by atoms with Gasteiger partial charge in [-0.2, -0.15) is 4.57 Å². The van der Waals surface area contributed by atoms with Crippen molar-refractivity contribution in [3.63, 3.8) is 0 Å². The van der Waals surface area contributed by atoms with E-state index >= 15 is 0 Å². The molecule has 0 atom stereocenters. The predicted octanol–water partition coefficient (Wildman–Crippen LogP) is 8.03. The minimum atomic E-state index is 1.22. The van der Waals surface area contributed by atoms with Gasteiger partial charge in [0.25, 0.3) is 5.82 Å². The molecule has 0 aliphatic rings. The molecule has 0 saturated heterocycles. The lowest BCUT2D eigenvalue weighted by molar-refractivity contribution is -0.633. The Morgan fingerprint density at radius 3 is 2.21 bits per heavy atom. The number of aryl methyl sites for hydroxylation is 6. The molecule has 0 amide bonds. The van der Waals surface area contributed by atoms with Crippen LogP contribution in [0.15, 0.2) is 66.7 Å². The van der Waals surface area contributed by atoms with Crippen LogP contribution >= 0.6 is 11.3 Å². The smallest absolute Gasteiger partial charge is 0.225 e. The van der Waals surface area contributed by atoms with Crippen molar-refractivity contribution in [2.45, 2.75) is 34.6 Å². The van der Waals surface area contributed by atoms with E-state index in [9.17, 15) is 0 Å². The Kier molecular flexibility index (Phi) is 4.69. The van der Waals surface area contributed by atoms with Crippen LogP contribution in [0, 0.1) is 34.6 Å². The molecule has 0 aliphatic carbocycles. The molecular weight excluding hydrogens is 432 g/mol. The molecule has 168 valence electrons. The number of fused-ring (bicyclic) bond motifs is 4. The van der Waals surface area contributed by atoms with Crippen molar-refractivity contribution in [2.24, 2.45) is 7.05 Å². The molecule has 0 fully saturated rings. The lowest BCUT2D eigenvalue weighted by atomic mass is 10.0. The maximum atomic E-state index is 2.48. The van der Waals surface area contributed by atoms with Gasteiger partial charge in [-0.15, -0.1) is 11.3 Å². The number of thiophene rings is 1. The van der Waals surface area contributed by atoms with Crippen LogP contribution in [0.1, 0.15) is 27.8 Å². The average molecular weight is 462 g/mol. The van der Waals surface area contributed by atoms with Gasteiger partial charge in [0.1, 0.15) is 5.69 Å². The van der Waals surface area contributed by atoms with E-state index in [0.717, 1.165) is 0 Å². The van der Waals surface area contributed by atoms with Gasteiger partial charge in [-0.3, -0.25) is 0 Å². The van der Waals surface area contributed by atoms with Gasteiger partial charge in [0.15, 0.2) is 11.0 Å². The quantitative estimate of drug-likeness (QED) is 0.231. The Morgan fingerprint density at radius 1 is 0.706 bits per heavy atom. The van der Waals surface area contributed by atoms with Gasteiger partial charge in [-0.1, -0.05) is 48.0 Å². The highest BCUT2D eigenvalue weighted by Gasteiger charge is 2.29. The van der Waals surface area contributed by atoms with Crippen LogP contribution in [0.3, 0.4) is 0 Å². The topological polar surface area (TPSA) is 8.81 Å². The lowest BCUT2D eigenvalue weighted by Crippen LogP contribution is -2.30. The normalized spacial score (nSPS) is 11.8. The standard InChI is InChI=1S/C31H29N2S/c1-18-14-21(4)29(22(5)15-18)33-27-13-8-7-12-26(27)32(6)31(33)24-17-25-23-11-9-10-19(2)30(23)34-28(25)16-20(24)3/h7-17H,1-6H3/q+1. The first kappa shape index (κ1) is 21.1. The second kappa shape index (κ2) is 7.54. The number of rotatable bonds is 2. The molecule has 0 aliphatic heterocycles. The highest BCUT2D eigenvalue weighted by atomic mass is 32.1. The van der Waals surface area contributed by atoms with Gasteiger partial charge in [-0.25, -0.2) is 4.57 Å². The van der Waals surface area contributed by atoms with Gasteiger partial charge >= 0.3 is 0 Å². The average Bonchev–Trinajstić information content (AvgIpc) is 3.29.